The van der Waals surface area contributed by atoms with E-state index in [9.17, 15) is 18.0 Å². The molecule has 5 nitrogen and oxygen atoms in total. The second kappa shape index (κ2) is 5.80. The molecular weight excluding hydrogens is 263 g/mol. The molecule has 0 saturated heterocycles. The number of carboxylic acid groups (broad SMARTS) is 1. The first-order chi connectivity index (χ1) is 8.86. The van der Waals surface area contributed by atoms with E-state index >= 15 is 0 Å². The van der Waals surface area contributed by atoms with Crippen molar-refractivity contribution in [1.29, 1.82) is 0 Å². The fourth-order valence-corrected chi connectivity index (χ4v) is 1.21. The van der Waals surface area contributed by atoms with Gasteiger partial charge in [0.2, 0.25) is 0 Å². The summed E-state index contributed by atoms with van der Waals surface area (Å²) in [7, 11) is 0. The van der Waals surface area contributed by atoms with Gasteiger partial charge in [-0.25, -0.2) is 4.79 Å². The van der Waals surface area contributed by atoms with Crippen molar-refractivity contribution in [2.45, 2.75) is 6.18 Å². The van der Waals surface area contributed by atoms with Crippen molar-refractivity contribution in [3.8, 4) is 11.8 Å². The van der Waals surface area contributed by atoms with Crippen LogP contribution in [0.4, 0.5) is 13.2 Å². The number of carboxylic acids is 1. The predicted molar refractivity (Wildman–Crippen MR) is 59.3 cm³/mol. The molecule has 0 saturated carbocycles. The van der Waals surface area contributed by atoms with Crippen molar-refractivity contribution >= 4 is 5.97 Å². The maximum atomic E-state index is 12.4. The molecule has 98 valence electrons. The zero-order chi connectivity index (χ0) is 14.5. The number of alkyl halides is 3. The summed E-state index contributed by atoms with van der Waals surface area (Å²) >= 11 is 0. The SMILES string of the molecule is [N-]=[N+]=NCC#Cc1ccc(C(F)(F)F)cc1C(=O)O. The fourth-order valence-electron chi connectivity index (χ4n) is 1.21. The van der Waals surface area contributed by atoms with Crippen molar-refractivity contribution in [3.63, 3.8) is 0 Å². The summed E-state index contributed by atoms with van der Waals surface area (Å²) in [6, 6.07) is 2.22. The second-order valence-corrected chi connectivity index (χ2v) is 3.25. The normalized spacial score (nSPS) is 10.1. The summed E-state index contributed by atoms with van der Waals surface area (Å²) in [5.41, 5.74) is 6.31. The molecule has 0 unspecified atom stereocenters. The number of aromatic carboxylic acids is 1. The van der Waals surface area contributed by atoms with Gasteiger partial charge in [-0.3, -0.25) is 0 Å². The Morgan fingerprint density at radius 2 is 2.16 bits per heavy atom. The number of halogens is 3. The molecule has 0 bridgehead atoms. The van der Waals surface area contributed by atoms with Gasteiger partial charge in [0.1, 0.15) is 0 Å². The van der Waals surface area contributed by atoms with Crippen LogP contribution in [-0.2, 0) is 6.18 Å². The monoisotopic (exact) mass is 269 g/mol. The van der Waals surface area contributed by atoms with Crippen LogP contribution in [-0.4, -0.2) is 17.6 Å². The van der Waals surface area contributed by atoms with Gasteiger partial charge in [0.25, 0.3) is 0 Å². The minimum atomic E-state index is -4.62. The summed E-state index contributed by atoms with van der Waals surface area (Å²) in [5.74, 6) is 3.17. The number of hydrogen-bond acceptors (Lipinski definition) is 2. The molecule has 0 amide bonds. The van der Waals surface area contributed by atoms with Crippen molar-refractivity contribution in [2.75, 3.05) is 6.54 Å². The number of rotatable bonds is 2. The first-order valence-electron chi connectivity index (χ1n) is 4.80. The van der Waals surface area contributed by atoms with Crippen molar-refractivity contribution in [1.82, 2.24) is 0 Å². The molecule has 1 aromatic carbocycles. The third kappa shape index (κ3) is 3.94. The van der Waals surface area contributed by atoms with Crippen LogP contribution in [0.15, 0.2) is 23.3 Å². The van der Waals surface area contributed by atoms with Gasteiger partial charge in [-0.1, -0.05) is 17.0 Å². The highest BCUT2D eigenvalue weighted by Gasteiger charge is 2.31. The largest absolute Gasteiger partial charge is 0.478 e. The summed E-state index contributed by atoms with van der Waals surface area (Å²) < 4.78 is 37.3. The summed E-state index contributed by atoms with van der Waals surface area (Å²) in [5, 5.41) is 11.9. The molecule has 0 aromatic heterocycles. The lowest BCUT2D eigenvalue weighted by Gasteiger charge is -2.08. The number of nitrogens with zero attached hydrogens (tertiary/aromatic N) is 3. The van der Waals surface area contributed by atoms with Crippen LogP contribution in [0, 0.1) is 11.8 Å². The Bertz CT molecular complexity index is 608. The summed E-state index contributed by atoms with van der Waals surface area (Å²) in [6.07, 6.45) is -4.62. The molecule has 8 heteroatoms. The average molecular weight is 269 g/mol. The molecule has 0 fully saturated rings. The number of azide groups is 1. The molecule has 0 aliphatic carbocycles. The van der Waals surface area contributed by atoms with Gasteiger partial charge >= 0.3 is 12.1 Å². The molecule has 0 aliphatic rings. The lowest BCUT2D eigenvalue weighted by Crippen LogP contribution is -2.08. The van der Waals surface area contributed by atoms with Gasteiger partial charge in [0, 0.05) is 10.5 Å². The lowest BCUT2D eigenvalue weighted by atomic mass is 10.0. The zero-order valence-corrected chi connectivity index (χ0v) is 9.27. The summed E-state index contributed by atoms with van der Waals surface area (Å²) in [6.45, 7) is -0.198. The maximum absolute atomic E-state index is 12.4. The van der Waals surface area contributed by atoms with E-state index in [2.05, 4.69) is 21.9 Å². The molecule has 19 heavy (non-hydrogen) atoms. The fraction of sp³-hybridized carbons (Fsp3) is 0.182. The topological polar surface area (TPSA) is 86.1 Å². The van der Waals surface area contributed by atoms with E-state index in [4.69, 9.17) is 10.6 Å². The zero-order valence-electron chi connectivity index (χ0n) is 9.27. The first-order valence-corrected chi connectivity index (χ1v) is 4.80. The molecule has 1 aromatic rings. The standard InChI is InChI=1S/C11H6F3N3O2/c12-11(13,14)8-4-3-7(2-1-5-16-17-15)9(6-8)10(18)19/h3-4,6H,5H2,(H,18,19). The quantitative estimate of drug-likeness (QED) is 0.387. The summed E-state index contributed by atoms with van der Waals surface area (Å²) in [4.78, 5) is 13.3. The van der Waals surface area contributed by atoms with E-state index in [1.54, 1.807) is 0 Å². The van der Waals surface area contributed by atoms with Crippen molar-refractivity contribution in [3.05, 3.63) is 45.3 Å². The molecule has 0 spiro atoms. The Labute approximate surface area is 105 Å². The molecule has 1 N–H and O–H groups in total. The lowest BCUT2D eigenvalue weighted by molar-refractivity contribution is -0.137. The van der Waals surface area contributed by atoms with E-state index in [0.717, 1.165) is 12.1 Å². The van der Waals surface area contributed by atoms with Crippen LogP contribution in [0.1, 0.15) is 21.5 Å². The maximum Gasteiger partial charge on any atom is 0.416 e. The molecular formula is C11H6F3N3O2. The van der Waals surface area contributed by atoms with Crippen LogP contribution in [0.2, 0.25) is 0 Å². The minimum absolute atomic E-state index is 0.0753. The van der Waals surface area contributed by atoms with Crippen molar-refractivity contribution < 1.29 is 23.1 Å². The molecule has 0 atom stereocenters. The Kier molecular flexibility index (Phi) is 4.40. The third-order valence-electron chi connectivity index (χ3n) is 2.01. The Morgan fingerprint density at radius 1 is 1.47 bits per heavy atom. The molecule has 1 rings (SSSR count). The van der Waals surface area contributed by atoms with E-state index in [1.807, 2.05) is 0 Å². The number of hydrogen-bond donors (Lipinski definition) is 1. The first kappa shape index (κ1) is 14.4. The molecule has 0 heterocycles. The van der Waals surface area contributed by atoms with Gasteiger partial charge in [-0.05, 0) is 23.7 Å². The van der Waals surface area contributed by atoms with Crippen LogP contribution < -0.4 is 0 Å². The Hall–Kier alpha value is -2.65. The molecule has 0 radical (unpaired) electrons. The van der Waals surface area contributed by atoms with E-state index in [0.29, 0.717) is 6.07 Å². The van der Waals surface area contributed by atoms with Gasteiger partial charge in [-0.2, -0.15) is 13.2 Å². The van der Waals surface area contributed by atoms with Gasteiger partial charge in [-0.15, -0.1) is 0 Å². The Balaban J connectivity index is 3.22. The van der Waals surface area contributed by atoms with E-state index < -0.39 is 23.3 Å². The van der Waals surface area contributed by atoms with Gasteiger partial charge < -0.3 is 5.11 Å². The smallest absolute Gasteiger partial charge is 0.416 e. The van der Waals surface area contributed by atoms with Gasteiger partial charge in [0.15, 0.2) is 0 Å². The highest BCUT2D eigenvalue weighted by atomic mass is 19.4. The number of carbonyl (C=O) groups is 1. The predicted octanol–water partition coefficient (Wildman–Crippen LogP) is 3.07. The van der Waals surface area contributed by atoms with Crippen LogP contribution >= 0.6 is 0 Å². The third-order valence-corrected chi connectivity index (χ3v) is 2.01. The molecule has 0 aliphatic heterocycles. The van der Waals surface area contributed by atoms with Crippen molar-refractivity contribution in [2.24, 2.45) is 5.11 Å². The van der Waals surface area contributed by atoms with Gasteiger partial charge in [0.05, 0.1) is 17.7 Å². The van der Waals surface area contributed by atoms with Crippen LogP contribution in [0.25, 0.3) is 10.4 Å². The highest BCUT2D eigenvalue weighted by molar-refractivity contribution is 5.91. The highest BCUT2D eigenvalue weighted by Crippen LogP contribution is 2.30. The van der Waals surface area contributed by atoms with E-state index in [1.165, 1.54) is 0 Å². The van der Waals surface area contributed by atoms with Crippen LogP contribution in [0.5, 0.6) is 0 Å². The van der Waals surface area contributed by atoms with Crippen LogP contribution in [0.3, 0.4) is 0 Å². The minimum Gasteiger partial charge on any atom is -0.478 e. The average Bonchev–Trinajstić information content (AvgIpc) is 2.33. The Morgan fingerprint density at radius 3 is 2.68 bits per heavy atom. The number of benzene rings is 1. The van der Waals surface area contributed by atoms with E-state index in [-0.39, 0.29) is 12.1 Å². The second-order valence-electron chi connectivity index (χ2n) is 3.25.